The van der Waals surface area contributed by atoms with Gasteiger partial charge in [-0.05, 0) is 35.2 Å². The number of piperidine rings is 1. The summed E-state index contributed by atoms with van der Waals surface area (Å²) in [6.07, 6.45) is 3.48. The van der Waals surface area contributed by atoms with E-state index in [1.807, 2.05) is 11.9 Å². The van der Waals surface area contributed by atoms with Crippen LogP contribution in [0.15, 0.2) is 42.5 Å². The fraction of sp³-hybridized carbons (Fsp3) is 0.389. The number of amides is 1. The summed E-state index contributed by atoms with van der Waals surface area (Å²) in [5, 5.41) is 2.50. The standard InChI is InChI=1S/C18H20N2O/c1-19-17(20-11-5-4-8-16(20)18(19)21)15-10-9-13-6-2-3-7-14(13)12-15/h2-3,6-7,9-10,12,16-17H,4-5,8,11H2,1H3. The number of carbonyl (C=O) groups excluding carboxylic acids is 1. The van der Waals surface area contributed by atoms with Gasteiger partial charge in [-0.25, -0.2) is 0 Å². The van der Waals surface area contributed by atoms with Crippen LogP contribution in [0.5, 0.6) is 0 Å². The van der Waals surface area contributed by atoms with Crippen molar-refractivity contribution in [1.82, 2.24) is 9.80 Å². The van der Waals surface area contributed by atoms with Crippen LogP contribution in [0.3, 0.4) is 0 Å². The average Bonchev–Trinajstić information content (AvgIpc) is 2.79. The van der Waals surface area contributed by atoms with E-state index in [1.54, 1.807) is 0 Å². The Labute approximate surface area is 125 Å². The third-order valence-corrected chi connectivity index (χ3v) is 4.93. The first-order chi connectivity index (χ1) is 10.3. The van der Waals surface area contributed by atoms with Gasteiger partial charge in [0, 0.05) is 13.6 Å². The summed E-state index contributed by atoms with van der Waals surface area (Å²) in [6.45, 7) is 1.03. The predicted octanol–water partition coefficient (Wildman–Crippen LogP) is 3.16. The number of rotatable bonds is 1. The molecule has 2 aliphatic rings. The van der Waals surface area contributed by atoms with Crippen molar-refractivity contribution in [2.45, 2.75) is 31.5 Å². The van der Waals surface area contributed by atoms with Crippen LogP contribution in [-0.2, 0) is 4.79 Å². The van der Waals surface area contributed by atoms with Gasteiger partial charge in [0.2, 0.25) is 5.91 Å². The molecule has 1 amide bonds. The molecule has 2 heterocycles. The Morgan fingerprint density at radius 3 is 2.71 bits per heavy atom. The molecule has 0 aromatic heterocycles. The molecule has 2 aromatic carbocycles. The highest BCUT2D eigenvalue weighted by atomic mass is 16.2. The van der Waals surface area contributed by atoms with Gasteiger partial charge in [0.25, 0.3) is 0 Å². The van der Waals surface area contributed by atoms with Crippen LogP contribution in [0.4, 0.5) is 0 Å². The van der Waals surface area contributed by atoms with Crippen molar-refractivity contribution in [3.05, 3.63) is 48.0 Å². The maximum Gasteiger partial charge on any atom is 0.241 e. The van der Waals surface area contributed by atoms with Crippen molar-refractivity contribution in [1.29, 1.82) is 0 Å². The molecule has 21 heavy (non-hydrogen) atoms. The van der Waals surface area contributed by atoms with E-state index in [4.69, 9.17) is 0 Å². The zero-order chi connectivity index (χ0) is 14.4. The smallest absolute Gasteiger partial charge is 0.241 e. The van der Waals surface area contributed by atoms with E-state index in [0.717, 1.165) is 13.0 Å². The molecule has 0 N–H and O–H groups in total. The molecule has 2 unspecified atom stereocenters. The highest BCUT2D eigenvalue weighted by Gasteiger charge is 2.45. The third-order valence-electron chi connectivity index (χ3n) is 4.93. The topological polar surface area (TPSA) is 23.6 Å². The Balaban J connectivity index is 1.77. The number of hydrogen-bond donors (Lipinski definition) is 0. The number of hydrogen-bond acceptors (Lipinski definition) is 2. The predicted molar refractivity (Wildman–Crippen MR) is 83.8 cm³/mol. The van der Waals surface area contributed by atoms with E-state index in [-0.39, 0.29) is 18.1 Å². The first kappa shape index (κ1) is 12.8. The minimum Gasteiger partial charge on any atom is -0.324 e. The summed E-state index contributed by atoms with van der Waals surface area (Å²) < 4.78 is 0. The van der Waals surface area contributed by atoms with E-state index in [0.29, 0.717) is 0 Å². The molecular formula is C18H20N2O. The third kappa shape index (κ3) is 1.95. The fourth-order valence-corrected chi connectivity index (χ4v) is 3.87. The summed E-state index contributed by atoms with van der Waals surface area (Å²) >= 11 is 0. The van der Waals surface area contributed by atoms with E-state index >= 15 is 0 Å². The Morgan fingerprint density at radius 2 is 1.86 bits per heavy atom. The second-order valence-electron chi connectivity index (χ2n) is 6.18. The molecule has 0 spiro atoms. The Hall–Kier alpha value is -1.87. The number of carbonyl (C=O) groups is 1. The van der Waals surface area contributed by atoms with Crippen LogP contribution in [-0.4, -0.2) is 35.3 Å². The lowest BCUT2D eigenvalue weighted by molar-refractivity contribution is -0.129. The van der Waals surface area contributed by atoms with Crippen molar-refractivity contribution < 1.29 is 4.79 Å². The zero-order valence-electron chi connectivity index (χ0n) is 12.3. The lowest BCUT2D eigenvalue weighted by Crippen LogP contribution is -2.38. The van der Waals surface area contributed by atoms with Crippen LogP contribution < -0.4 is 0 Å². The van der Waals surface area contributed by atoms with Gasteiger partial charge in [0.05, 0.1) is 6.04 Å². The molecular weight excluding hydrogens is 260 g/mol. The van der Waals surface area contributed by atoms with Crippen molar-refractivity contribution in [2.24, 2.45) is 0 Å². The number of benzene rings is 2. The number of fused-ring (bicyclic) bond motifs is 2. The maximum absolute atomic E-state index is 12.5. The normalized spacial score (nSPS) is 26.3. The van der Waals surface area contributed by atoms with Crippen LogP contribution in [0.1, 0.15) is 31.0 Å². The first-order valence-corrected chi connectivity index (χ1v) is 7.77. The van der Waals surface area contributed by atoms with Gasteiger partial charge in [-0.3, -0.25) is 9.69 Å². The lowest BCUT2D eigenvalue weighted by Gasteiger charge is -2.33. The minimum absolute atomic E-state index is 0.0974. The minimum atomic E-state index is 0.0974. The molecule has 2 aromatic rings. The van der Waals surface area contributed by atoms with Gasteiger partial charge < -0.3 is 4.90 Å². The molecule has 2 fully saturated rings. The summed E-state index contributed by atoms with van der Waals surface area (Å²) in [4.78, 5) is 16.8. The van der Waals surface area contributed by atoms with Crippen molar-refractivity contribution in [2.75, 3.05) is 13.6 Å². The first-order valence-electron chi connectivity index (χ1n) is 7.77. The zero-order valence-corrected chi connectivity index (χ0v) is 12.3. The Bertz CT molecular complexity index is 696. The molecule has 0 aliphatic carbocycles. The van der Waals surface area contributed by atoms with E-state index < -0.39 is 0 Å². The van der Waals surface area contributed by atoms with E-state index in [9.17, 15) is 4.79 Å². The molecule has 3 nitrogen and oxygen atoms in total. The van der Waals surface area contributed by atoms with Gasteiger partial charge in [-0.15, -0.1) is 0 Å². The van der Waals surface area contributed by atoms with Gasteiger partial charge >= 0.3 is 0 Å². The van der Waals surface area contributed by atoms with E-state index in [1.165, 1.54) is 29.2 Å². The molecule has 0 radical (unpaired) electrons. The molecule has 0 saturated carbocycles. The van der Waals surface area contributed by atoms with E-state index in [2.05, 4.69) is 47.4 Å². The van der Waals surface area contributed by atoms with Gasteiger partial charge in [0.15, 0.2) is 0 Å². The summed E-state index contributed by atoms with van der Waals surface area (Å²) in [6, 6.07) is 15.1. The van der Waals surface area contributed by atoms with Crippen molar-refractivity contribution in [3.8, 4) is 0 Å². The SMILES string of the molecule is CN1C(=O)C2CCCCN2C1c1ccc2ccccc2c1. The molecule has 3 heteroatoms. The second kappa shape index (κ2) is 4.85. The highest BCUT2D eigenvalue weighted by molar-refractivity contribution is 5.86. The van der Waals surface area contributed by atoms with Crippen molar-refractivity contribution >= 4 is 16.7 Å². The molecule has 2 atom stereocenters. The Morgan fingerprint density at radius 1 is 1.05 bits per heavy atom. The largest absolute Gasteiger partial charge is 0.324 e. The molecule has 0 bridgehead atoms. The van der Waals surface area contributed by atoms with Crippen LogP contribution >= 0.6 is 0 Å². The Kier molecular flexibility index (Phi) is 2.96. The summed E-state index contributed by atoms with van der Waals surface area (Å²) in [7, 11) is 1.94. The quantitative estimate of drug-likeness (QED) is 0.801. The van der Waals surface area contributed by atoms with Gasteiger partial charge in [0.1, 0.15) is 6.17 Å². The van der Waals surface area contributed by atoms with Crippen LogP contribution in [0, 0.1) is 0 Å². The number of likely N-dealkylation sites (N-methyl/N-ethyl adjacent to an activating group) is 1. The monoisotopic (exact) mass is 280 g/mol. The lowest BCUT2D eigenvalue weighted by atomic mass is 10.0. The second-order valence-corrected chi connectivity index (χ2v) is 6.18. The average molecular weight is 280 g/mol. The number of nitrogens with zero attached hydrogens (tertiary/aromatic N) is 2. The summed E-state index contributed by atoms with van der Waals surface area (Å²) in [5.41, 5.74) is 1.23. The van der Waals surface area contributed by atoms with Crippen LogP contribution in [0.25, 0.3) is 10.8 Å². The molecule has 2 saturated heterocycles. The van der Waals surface area contributed by atoms with Crippen molar-refractivity contribution in [3.63, 3.8) is 0 Å². The molecule has 2 aliphatic heterocycles. The van der Waals surface area contributed by atoms with Gasteiger partial charge in [-0.1, -0.05) is 42.8 Å². The maximum atomic E-state index is 12.5. The summed E-state index contributed by atoms with van der Waals surface area (Å²) in [5.74, 6) is 0.285. The molecule has 4 rings (SSSR count). The fourth-order valence-electron chi connectivity index (χ4n) is 3.87. The van der Waals surface area contributed by atoms with Gasteiger partial charge in [-0.2, -0.15) is 0 Å². The van der Waals surface area contributed by atoms with Crippen LogP contribution in [0.2, 0.25) is 0 Å². The molecule has 108 valence electrons. The highest BCUT2D eigenvalue weighted by Crippen LogP contribution is 2.38.